The quantitative estimate of drug-likeness (QED) is 0.700. The molecule has 1 aromatic heterocycles. The predicted molar refractivity (Wildman–Crippen MR) is 71.9 cm³/mol. The average Bonchev–Trinajstić information content (AvgIpc) is 2.75. The molecule has 1 rings (SSSR count). The van der Waals surface area contributed by atoms with Gasteiger partial charge in [0.05, 0.1) is 6.10 Å². The summed E-state index contributed by atoms with van der Waals surface area (Å²) in [5, 5.41) is 19.9. The van der Waals surface area contributed by atoms with E-state index in [1.165, 1.54) is 11.4 Å². The van der Waals surface area contributed by atoms with Crippen molar-refractivity contribution in [3.8, 4) is 0 Å². The van der Waals surface area contributed by atoms with Gasteiger partial charge in [-0.1, -0.05) is 13.8 Å². The van der Waals surface area contributed by atoms with Crippen LogP contribution in [0.25, 0.3) is 0 Å². The van der Waals surface area contributed by atoms with Crippen molar-refractivity contribution in [1.82, 2.24) is 4.72 Å². The molecule has 0 bridgehead atoms. The summed E-state index contributed by atoms with van der Waals surface area (Å²) in [6.45, 7) is 3.70. The third kappa shape index (κ3) is 4.57. The van der Waals surface area contributed by atoms with E-state index in [1.807, 2.05) is 13.8 Å². The number of hydrogen-bond acceptors (Lipinski definition) is 5. The number of thiophene rings is 1. The second-order valence-electron chi connectivity index (χ2n) is 4.55. The normalized spacial score (nSPS) is 13.7. The van der Waals surface area contributed by atoms with Gasteiger partial charge >= 0.3 is 5.97 Å². The van der Waals surface area contributed by atoms with E-state index in [9.17, 15) is 18.3 Å². The smallest absolute Gasteiger partial charge is 0.347 e. The molecule has 1 atom stereocenters. The molecule has 0 amide bonds. The number of aliphatic hydroxyl groups excluding tert-OH is 1. The molecule has 3 N–H and O–H groups in total. The van der Waals surface area contributed by atoms with E-state index in [0.717, 1.165) is 11.3 Å². The second kappa shape index (κ2) is 6.47. The van der Waals surface area contributed by atoms with Crippen LogP contribution in [0.15, 0.2) is 16.3 Å². The summed E-state index contributed by atoms with van der Waals surface area (Å²) in [5.41, 5.74) is 0. The topological polar surface area (TPSA) is 104 Å². The lowest BCUT2D eigenvalue weighted by molar-refractivity contribution is 0.0698. The second-order valence-corrected chi connectivity index (χ2v) is 7.21. The lowest BCUT2D eigenvalue weighted by Crippen LogP contribution is -2.33. The van der Waals surface area contributed by atoms with Crippen LogP contribution in [0.5, 0.6) is 0 Å². The van der Waals surface area contributed by atoms with Gasteiger partial charge in [-0.25, -0.2) is 17.9 Å². The van der Waals surface area contributed by atoms with Crippen LogP contribution in [0.3, 0.4) is 0 Å². The highest BCUT2D eigenvalue weighted by molar-refractivity contribution is 7.89. The molecule has 6 nitrogen and oxygen atoms in total. The van der Waals surface area contributed by atoms with Gasteiger partial charge < -0.3 is 10.2 Å². The molecule has 0 spiro atoms. The molecule has 19 heavy (non-hydrogen) atoms. The largest absolute Gasteiger partial charge is 0.477 e. The first-order chi connectivity index (χ1) is 8.74. The van der Waals surface area contributed by atoms with E-state index >= 15 is 0 Å². The van der Waals surface area contributed by atoms with Gasteiger partial charge in [0.15, 0.2) is 0 Å². The Kier molecular flexibility index (Phi) is 5.48. The highest BCUT2D eigenvalue weighted by atomic mass is 32.2. The van der Waals surface area contributed by atoms with Crippen LogP contribution >= 0.6 is 11.3 Å². The van der Waals surface area contributed by atoms with Crippen LogP contribution in [-0.2, 0) is 10.0 Å². The third-order valence-electron chi connectivity index (χ3n) is 2.37. The van der Waals surface area contributed by atoms with Crippen LogP contribution in [0.2, 0.25) is 0 Å². The molecule has 0 aliphatic rings. The maximum atomic E-state index is 11.9. The van der Waals surface area contributed by atoms with Crippen molar-refractivity contribution in [3.05, 3.63) is 16.3 Å². The lowest BCUT2D eigenvalue weighted by Gasteiger charge is -2.13. The Balaban J connectivity index is 2.76. The fraction of sp³-hybridized carbons (Fsp3) is 0.545. The van der Waals surface area contributed by atoms with Crippen molar-refractivity contribution in [2.45, 2.75) is 31.3 Å². The molecule has 0 radical (unpaired) electrons. The van der Waals surface area contributed by atoms with Crippen LogP contribution in [0.4, 0.5) is 0 Å². The van der Waals surface area contributed by atoms with Crippen LogP contribution < -0.4 is 4.72 Å². The molecular formula is C11H17NO5S2. The zero-order chi connectivity index (χ0) is 14.6. The average molecular weight is 307 g/mol. The molecule has 0 aliphatic heterocycles. The van der Waals surface area contributed by atoms with E-state index in [1.54, 1.807) is 0 Å². The molecule has 1 heterocycles. The monoisotopic (exact) mass is 307 g/mol. The lowest BCUT2D eigenvalue weighted by atomic mass is 10.1. The molecule has 0 fully saturated rings. The number of nitrogens with one attached hydrogen (secondary N) is 1. The Hall–Kier alpha value is -0.960. The van der Waals surface area contributed by atoms with Crippen molar-refractivity contribution in [1.29, 1.82) is 0 Å². The minimum atomic E-state index is -3.90. The van der Waals surface area contributed by atoms with Crippen LogP contribution in [-0.4, -0.2) is 37.2 Å². The standard InChI is InChI=1S/C11H17NO5S2/c1-7(2)5-8(13)6-12-19(16,17)9-3-4-18-10(9)11(14)15/h3-4,7-8,12-13H,5-6H2,1-2H3,(H,14,15). The molecule has 0 aromatic carbocycles. The Morgan fingerprint density at radius 1 is 1.47 bits per heavy atom. The maximum Gasteiger partial charge on any atom is 0.347 e. The first-order valence-electron chi connectivity index (χ1n) is 5.72. The molecule has 0 saturated heterocycles. The van der Waals surface area contributed by atoms with E-state index in [4.69, 9.17) is 5.11 Å². The fourth-order valence-corrected chi connectivity index (χ4v) is 3.91. The van der Waals surface area contributed by atoms with Gasteiger partial charge in [0.25, 0.3) is 0 Å². The first-order valence-corrected chi connectivity index (χ1v) is 8.09. The van der Waals surface area contributed by atoms with Gasteiger partial charge in [-0.05, 0) is 23.8 Å². The van der Waals surface area contributed by atoms with Crippen molar-refractivity contribution in [2.24, 2.45) is 5.92 Å². The van der Waals surface area contributed by atoms with Crippen molar-refractivity contribution >= 4 is 27.3 Å². The summed E-state index contributed by atoms with van der Waals surface area (Å²) < 4.78 is 26.1. The van der Waals surface area contributed by atoms with E-state index in [0.29, 0.717) is 6.42 Å². The van der Waals surface area contributed by atoms with Gasteiger partial charge in [-0.3, -0.25) is 0 Å². The van der Waals surface area contributed by atoms with Gasteiger partial charge in [-0.15, -0.1) is 11.3 Å². The number of hydrogen-bond donors (Lipinski definition) is 3. The number of sulfonamides is 1. The highest BCUT2D eigenvalue weighted by Gasteiger charge is 2.24. The van der Waals surface area contributed by atoms with Gasteiger partial charge in [-0.2, -0.15) is 0 Å². The van der Waals surface area contributed by atoms with Crippen LogP contribution in [0, 0.1) is 5.92 Å². The third-order valence-corrected chi connectivity index (χ3v) is 4.86. The molecule has 0 saturated carbocycles. The van der Waals surface area contributed by atoms with Gasteiger partial charge in [0.1, 0.15) is 9.77 Å². The number of carboxylic acid groups (broad SMARTS) is 1. The van der Waals surface area contributed by atoms with Crippen LogP contribution in [0.1, 0.15) is 29.9 Å². The van der Waals surface area contributed by atoms with Gasteiger partial charge in [0, 0.05) is 6.54 Å². The molecule has 8 heteroatoms. The van der Waals surface area contributed by atoms with E-state index < -0.39 is 22.1 Å². The Morgan fingerprint density at radius 2 is 2.11 bits per heavy atom. The summed E-state index contributed by atoms with van der Waals surface area (Å²) in [6.07, 6.45) is -0.320. The Labute approximate surface area is 116 Å². The zero-order valence-electron chi connectivity index (χ0n) is 10.7. The summed E-state index contributed by atoms with van der Waals surface area (Å²) in [4.78, 5) is 10.4. The highest BCUT2D eigenvalue weighted by Crippen LogP contribution is 2.21. The number of rotatable bonds is 7. The van der Waals surface area contributed by atoms with Gasteiger partial charge in [0.2, 0.25) is 10.0 Å². The predicted octanol–water partition coefficient (Wildman–Crippen LogP) is 1.13. The van der Waals surface area contributed by atoms with Crippen molar-refractivity contribution in [3.63, 3.8) is 0 Å². The van der Waals surface area contributed by atoms with Crippen molar-refractivity contribution < 1.29 is 23.4 Å². The molecule has 108 valence electrons. The zero-order valence-corrected chi connectivity index (χ0v) is 12.3. The minimum absolute atomic E-state index is 0.130. The number of aliphatic hydroxyl groups is 1. The summed E-state index contributed by atoms with van der Waals surface area (Å²) in [7, 11) is -3.90. The summed E-state index contributed by atoms with van der Waals surface area (Å²) >= 11 is 0.848. The number of carbonyl (C=O) groups is 1. The Morgan fingerprint density at radius 3 is 2.63 bits per heavy atom. The minimum Gasteiger partial charge on any atom is -0.477 e. The first kappa shape index (κ1) is 16.1. The molecule has 0 aliphatic carbocycles. The number of aromatic carboxylic acids is 1. The maximum absolute atomic E-state index is 11.9. The molecule has 1 unspecified atom stereocenters. The fourth-order valence-electron chi connectivity index (χ4n) is 1.58. The van der Waals surface area contributed by atoms with E-state index in [2.05, 4.69) is 4.72 Å². The summed E-state index contributed by atoms with van der Waals surface area (Å²) in [5.74, 6) is -1.03. The SMILES string of the molecule is CC(C)CC(O)CNS(=O)(=O)c1ccsc1C(=O)O. The number of carboxylic acids is 1. The summed E-state index contributed by atoms with van der Waals surface area (Å²) in [6, 6.07) is 1.24. The van der Waals surface area contributed by atoms with E-state index in [-0.39, 0.29) is 22.2 Å². The molecular weight excluding hydrogens is 290 g/mol. The molecule has 1 aromatic rings. The van der Waals surface area contributed by atoms with Crippen molar-refractivity contribution in [2.75, 3.05) is 6.54 Å². The Bertz CT molecular complexity index is 535.